The topological polar surface area (TPSA) is 124 Å². The number of aliphatic hydroxyl groups excluding tert-OH is 2. The van der Waals surface area contributed by atoms with Crippen molar-refractivity contribution in [3.8, 4) is 0 Å². The number of aliphatic hydroxyl groups is 2. The highest BCUT2D eigenvalue weighted by atomic mass is 32.2. The molecule has 0 aliphatic carbocycles. The Kier molecular flexibility index (Phi) is 34.2. The van der Waals surface area contributed by atoms with E-state index in [-0.39, 0.29) is 0 Å². The van der Waals surface area contributed by atoms with Crippen molar-refractivity contribution in [2.45, 2.75) is 244 Å². The van der Waals surface area contributed by atoms with E-state index in [9.17, 15) is 28.0 Å². The second-order valence-electron chi connectivity index (χ2n) is 14.8. The number of nitrogens with one attached hydrogen (secondary N) is 1. The Balaban J connectivity index is 3.80. The Bertz CT molecular complexity index is 793. The SMILES string of the molecule is CCCCCCCCCCCCCCCCCCCCCCCCC(O)C(=O)NC(CS(=O)(=O)O)C(O)CCCCCCCCCCC. The molecule has 8 heteroatoms. The van der Waals surface area contributed by atoms with Gasteiger partial charge in [0, 0.05) is 0 Å². The lowest BCUT2D eigenvalue weighted by molar-refractivity contribution is -0.131. The summed E-state index contributed by atoms with van der Waals surface area (Å²) in [4.78, 5) is 12.6. The van der Waals surface area contributed by atoms with Gasteiger partial charge in [0.1, 0.15) is 6.10 Å². The van der Waals surface area contributed by atoms with Crippen LogP contribution in [0.25, 0.3) is 0 Å². The molecule has 0 fully saturated rings. The number of amides is 1. The maximum absolute atomic E-state index is 12.6. The highest BCUT2D eigenvalue weighted by Crippen LogP contribution is 2.17. The van der Waals surface area contributed by atoms with Gasteiger partial charge in [-0.15, -0.1) is 0 Å². The van der Waals surface area contributed by atoms with Gasteiger partial charge in [-0.3, -0.25) is 9.35 Å². The zero-order chi connectivity index (χ0) is 35.6. The molecule has 48 heavy (non-hydrogen) atoms. The minimum Gasteiger partial charge on any atom is -0.391 e. The standard InChI is InChI=1S/C40H81NO6S/c1-3-5-7-9-11-13-14-15-16-17-18-19-20-21-22-23-24-25-27-29-31-33-35-39(43)40(44)41-37(36-48(45,46)47)38(42)34-32-30-28-26-12-10-8-6-4-2/h37-39,42-43H,3-36H2,1-2H3,(H,41,44)(H,45,46,47). The van der Waals surface area contributed by atoms with Gasteiger partial charge in [0.15, 0.2) is 0 Å². The van der Waals surface area contributed by atoms with Crippen molar-refractivity contribution >= 4 is 16.0 Å². The summed E-state index contributed by atoms with van der Waals surface area (Å²) in [5.41, 5.74) is 0. The number of unbranched alkanes of at least 4 members (excludes halogenated alkanes) is 29. The van der Waals surface area contributed by atoms with Crippen molar-refractivity contribution in [1.82, 2.24) is 5.32 Å². The van der Waals surface area contributed by atoms with E-state index >= 15 is 0 Å². The molecule has 3 atom stereocenters. The number of hydrogen-bond acceptors (Lipinski definition) is 5. The van der Waals surface area contributed by atoms with E-state index in [0.717, 1.165) is 44.9 Å². The van der Waals surface area contributed by atoms with E-state index in [0.29, 0.717) is 12.8 Å². The second kappa shape index (κ2) is 34.7. The van der Waals surface area contributed by atoms with Crippen molar-refractivity contribution in [2.24, 2.45) is 0 Å². The Labute approximate surface area is 298 Å². The molecule has 4 N–H and O–H groups in total. The zero-order valence-corrected chi connectivity index (χ0v) is 32.6. The molecule has 0 aromatic rings. The molecule has 0 spiro atoms. The monoisotopic (exact) mass is 704 g/mol. The summed E-state index contributed by atoms with van der Waals surface area (Å²) in [6.07, 6.45) is 37.2. The molecular weight excluding hydrogens is 623 g/mol. The molecule has 0 aromatic heterocycles. The van der Waals surface area contributed by atoms with Crippen molar-refractivity contribution in [3.05, 3.63) is 0 Å². The summed E-state index contributed by atoms with van der Waals surface area (Å²) in [6.45, 7) is 4.48. The predicted octanol–water partition coefficient (Wildman–Crippen LogP) is 11.0. The smallest absolute Gasteiger partial charge is 0.266 e. The number of carbonyl (C=O) groups is 1. The summed E-state index contributed by atoms with van der Waals surface area (Å²) in [5, 5.41) is 23.4. The lowest BCUT2D eigenvalue weighted by Crippen LogP contribution is -2.50. The van der Waals surface area contributed by atoms with Crippen LogP contribution in [0.3, 0.4) is 0 Å². The third-order valence-corrected chi connectivity index (χ3v) is 10.7. The predicted molar refractivity (Wildman–Crippen MR) is 204 cm³/mol. The third kappa shape index (κ3) is 33.8. The van der Waals surface area contributed by atoms with Crippen LogP contribution in [-0.4, -0.2) is 53.1 Å². The normalized spacial score (nSPS) is 13.9. The van der Waals surface area contributed by atoms with Crippen molar-refractivity contribution in [1.29, 1.82) is 0 Å². The maximum atomic E-state index is 12.6. The van der Waals surface area contributed by atoms with Crippen LogP contribution in [0.4, 0.5) is 0 Å². The molecule has 7 nitrogen and oxygen atoms in total. The van der Waals surface area contributed by atoms with Crippen molar-refractivity contribution < 1.29 is 28.0 Å². The van der Waals surface area contributed by atoms with Crippen LogP contribution in [0.15, 0.2) is 0 Å². The van der Waals surface area contributed by atoms with Gasteiger partial charge in [0.2, 0.25) is 5.91 Å². The summed E-state index contributed by atoms with van der Waals surface area (Å²) in [6, 6.07) is -1.14. The molecule has 0 rings (SSSR count). The van der Waals surface area contributed by atoms with Crippen LogP contribution >= 0.6 is 0 Å². The van der Waals surface area contributed by atoms with E-state index < -0.39 is 40.0 Å². The van der Waals surface area contributed by atoms with Crippen LogP contribution in [0.1, 0.15) is 226 Å². The first-order chi connectivity index (χ1) is 23.2. The molecule has 3 unspecified atom stereocenters. The number of rotatable bonds is 38. The first kappa shape index (κ1) is 47.3. The molecule has 0 aliphatic rings. The molecule has 0 bridgehead atoms. The van der Waals surface area contributed by atoms with Crippen LogP contribution in [0, 0.1) is 0 Å². The fourth-order valence-corrected chi connectivity index (χ4v) is 7.46. The highest BCUT2D eigenvalue weighted by Gasteiger charge is 2.28. The summed E-state index contributed by atoms with van der Waals surface area (Å²) >= 11 is 0. The molecular formula is C40H81NO6S. The lowest BCUT2D eigenvalue weighted by Gasteiger charge is -2.24. The van der Waals surface area contributed by atoms with Crippen LogP contribution in [0.2, 0.25) is 0 Å². The average Bonchev–Trinajstić information content (AvgIpc) is 3.05. The molecule has 0 saturated heterocycles. The zero-order valence-electron chi connectivity index (χ0n) is 31.7. The van der Waals surface area contributed by atoms with Crippen LogP contribution < -0.4 is 5.32 Å². The minimum absolute atomic E-state index is 0.303. The molecule has 0 saturated carbocycles. The van der Waals surface area contributed by atoms with E-state index in [1.807, 2.05) is 0 Å². The Morgan fingerprint density at radius 1 is 0.479 bits per heavy atom. The summed E-state index contributed by atoms with van der Waals surface area (Å²) in [7, 11) is -4.40. The highest BCUT2D eigenvalue weighted by molar-refractivity contribution is 7.85. The van der Waals surface area contributed by atoms with Crippen LogP contribution in [-0.2, 0) is 14.9 Å². The lowest BCUT2D eigenvalue weighted by atomic mass is 10.0. The van der Waals surface area contributed by atoms with E-state index in [2.05, 4.69) is 19.2 Å². The van der Waals surface area contributed by atoms with Gasteiger partial charge < -0.3 is 15.5 Å². The van der Waals surface area contributed by atoms with Gasteiger partial charge in [-0.25, -0.2) is 0 Å². The van der Waals surface area contributed by atoms with Gasteiger partial charge in [0.05, 0.1) is 17.9 Å². The summed E-state index contributed by atoms with van der Waals surface area (Å²) < 4.78 is 32.4. The fourth-order valence-electron chi connectivity index (χ4n) is 6.70. The second-order valence-corrected chi connectivity index (χ2v) is 16.3. The van der Waals surface area contributed by atoms with Crippen molar-refractivity contribution in [2.75, 3.05) is 5.75 Å². The Morgan fingerprint density at radius 3 is 1.04 bits per heavy atom. The van der Waals surface area contributed by atoms with Gasteiger partial charge in [-0.05, 0) is 12.8 Å². The van der Waals surface area contributed by atoms with Gasteiger partial charge in [0.25, 0.3) is 10.1 Å². The first-order valence-electron chi connectivity index (χ1n) is 20.8. The molecule has 288 valence electrons. The molecule has 0 aliphatic heterocycles. The van der Waals surface area contributed by atoms with Gasteiger partial charge in [-0.2, -0.15) is 8.42 Å². The third-order valence-electron chi connectivity index (χ3n) is 9.92. The number of carbonyl (C=O) groups excluding carboxylic acids is 1. The molecule has 1 amide bonds. The minimum atomic E-state index is -4.40. The van der Waals surface area contributed by atoms with Gasteiger partial charge >= 0.3 is 0 Å². The van der Waals surface area contributed by atoms with Gasteiger partial charge in [-0.1, -0.05) is 213 Å². The number of hydrogen-bond donors (Lipinski definition) is 4. The molecule has 0 radical (unpaired) electrons. The van der Waals surface area contributed by atoms with Crippen LogP contribution in [0.5, 0.6) is 0 Å². The quantitative estimate of drug-likeness (QED) is 0.0375. The first-order valence-corrected chi connectivity index (χ1v) is 22.4. The molecule has 0 heterocycles. The van der Waals surface area contributed by atoms with E-state index in [1.165, 1.54) is 154 Å². The summed E-state index contributed by atoms with van der Waals surface area (Å²) in [5.74, 6) is -1.44. The van der Waals surface area contributed by atoms with E-state index in [4.69, 9.17) is 0 Å². The largest absolute Gasteiger partial charge is 0.391 e. The Hall–Kier alpha value is -0.700. The van der Waals surface area contributed by atoms with E-state index in [1.54, 1.807) is 0 Å². The van der Waals surface area contributed by atoms with Crippen molar-refractivity contribution in [3.63, 3.8) is 0 Å². The maximum Gasteiger partial charge on any atom is 0.266 e. The fraction of sp³-hybridized carbons (Fsp3) is 0.975. The Morgan fingerprint density at radius 2 is 0.750 bits per heavy atom. The molecule has 0 aromatic carbocycles. The average molecular weight is 704 g/mol.